The highest BCUT2D eigenvalue weighted by molar-refractivity contribution is 5.17. The summed E-state index contributed by atoms with van der Waals surface area (Å²) in [4.78, 5) is 6.43. The number of rotatable bonds is 6. The Morgan fingerprint density at radius 3 is 2.86 bits per heavy atom. The van der Waals surface area contributed by atoms with Gasteiger partial charge in [-0.25, -0.2) is 4.98 Å². The molecule has 5 nitrogen and oxygen atoms in total. The maximum atomic E-state index is 10.4. The lowest BCUT2D eigenvalue weighted by molar-refractivity contribution is 0.118. The quantitative estimate of drug-likeness (QED) is 0.881. The number of aliphatic hydroxyl groups excluding tert-OH is 1. The van der Waals surface area contributed by atoms with Crippen LogP contribution in [0.25, 0.3) is 0 Å². The summed E-state index contributed by atoms with van der Waals surface area (Å²) in [6.07, 6.45) is 6.14. The first-order valence-corrected chi connectivity index (χ1v) is 7.62. The summed E-state index contributed by atoms with van der Waals surface area (Å²) in [6, 6.07) is 10.4. The van der Waals surface area contributed by atoms with Crippen LogP contribution in [0.3, 0.4) is 0 Å². The van der Waals surface area contributed by atoms with Gasteiger partial charge in [-0.1, -0.05) is 30.3 Å². The maximum Gasteiger partial charge on any atom is 0.137 e. The van der Waals surface area contributed by atoms with E-state index in [9.17, 15) is 5.11 Å². The zero-order chi connectivity index (χ0) is 14.5. The second-order valence-electron chi connectivity index (χ2n) is 5.65. The Hall–Kier alpha value is -1.72. The van der Waals surface area contributed by atoms with Crippen molar-refractivity contribution in [3.05, 3.63) is 48.5 Å². The summed E-state index contributed by atoms with van der Waals surface area (Å²) in [6.45, 7) is 2.94. The first-order valence-electron chi connectivity index (χ1n) is 7.62. The second-order valence-corrected chi connectivity index (χ2v) is 5.65. The molecular formula is C16H22N4O. The van der Waals surface area contributed by atoms with Gasteiger partial charge in [-0.15, -0.1) is 0 Å². The van der Waals surface area contributed by atoms with Gasteiger partial charge in [0.15, 0.2) is 0 Å². The Balaban J connectivity index is 1.54. The fourth-order valence-electron chi connectivity index (χ4n) is 3.10. The summed E-state index contributed by atoms with van der Waals surface area (Å²) in [5.74, 6) is 0. The molecule has 1 aromatic heterocycles. The molecule has 0 radical (unpaired) electrons. The lowest BCUT2D eigenvalue weighted by atomic mass is 10.0. The van der Waals surface area contributed by atoms with Crippen LogP contribution in [-0.2, 0) is 6.54 Å². The van der Waals surface area contributed by atoms with Crippen molar-refractivity contribution in [2.45, 2.75) is 38.0 Å². The topological polar surface area (TPSA) is 54.2 Å². The molecule has 1 fully saturated rings. The monoisotopic (exact) mass is 286 g/mol. The molecule has 1 saturated heterocycles. The van der Waals surface area contributed by atoms with Crippen molar-refractivity contribution in [3.63, 3.8) is 0 Å². The van der Waals surface area contributed by atoms with Gasteiger partial charge in [-0.2, -0.15) is 5.10 Å². The van der Waals surface area contributed by atoms with E-state index in [2.05, 4.69) is 15.0 Å². The molecule has 2 atom stereocenters. The van der Waals surface area contributed by atoms with Crippen LogP contribution < -0.4 is 0 Å². The molecule has 1 aliphatic heterocycles. The van der Waals surface area contributed by atoms with Crippen molar-refractivity contribution < 1.29 is 5.11 Å². The Labute approximate surface area is 125 Å². The molecule has 0 amide bonds. The highest BCUT2D eigenvalue weighted by atomic mass is 16.3. The van der Waals surface area contributed by atoms with Crippen molar-refractivity contribution in [3.8, 4) is 0 Å². The summed E-state index contributed by atoms with van der Waals surface area (Å²) in [5.41, 5.74) is 1.01. The lowest BCUT2D eigenvalue weighted by Crippen LogP contribution is -2.33. The minimum atomic E-state index is -0.372. The van der Waals surface area contributed by atoms with Crippen LogP contribution in [0.15, 0.2) is 43.0 Å². The van der Waals surface area contributed by atoms with Crippen molar-refractivity contribution in [1.29, 1.82) is 0 Å². The summed E-state index contributed by atoms with van der Waals surface area (Å²) >= 11 is 0. The molecule has 1 aliphatic rings. The van der Waals surface area contributed by atoms with Crippen LogP contribution in [0.1, 0.15) is 30.9 Å². The van der Waals surface area contributed by atoms with E-state index in [4.69, 9.17) is 0 Å². The molecule has 0 aliphatic carbocycles. The molecule has 2 heterocycles. The number of hydrogen-bond acceptors (Lipinski definition) is 4. The highest BCUT2D eigenvalue weighted by Gasteiger charge is 2.26. The number of benzene rings is 1. The zero-order valence-corrected chi connectivity index (χ0v) is 12.2. The fourth-order valence-corrected chi connectivity index (χ4v) is 3.10. The molecule has 0 bridgehead atoms. The molecule has 1 N–H and O–H groups in total. The molecule has 21 heavy (non-hydrogen) atoms. The normalized spacial score (nSPS) is 20.7. The molecule has 112 valence electrons. The maximum absolute atomic E-state index is 10.4. The minimum absolute atomic E-state index is 0.372. The minimum Gasteiger partial charge on any atom is -0.388 e. The lowest BCUT2D eigenvalue weighted by Gasteiger charge is -2.26. The second kappa shape index (κ2) is 6.83. The summed E-state index contributed by atoms with van der Waals surface area (Å²) in [7, 11) is 0. The van der Waals surface area contributed by atoms with Crippen LogP contribution in [-0.4, -0.2) is 43.9 Å². The van der Waals surface area contributed by atoms with Gasteiger partial charge in [-0.05, 0) is 31.4 Å². The van der Waals surface area contributed by atoms with Gasteiger partial charge >= 0.3 is 0 Å². The van der Waals surface area contributed by atoms with Gasteiger partial charge in [0.2, 0.25) is 0 Å². The average molecular weight is 286 g/mol. The van der Waals surface area contributed by atoms with E-state index < -0.39 is 0 Å². The predicted octanol–water partition coefficient (Wildman–Crippen LogP) is 1.87. The number of nitrogens with zero attached hydrogens (tertiary/aromatic N) is 4. The SMILES string of the molecule is O[C@H](C[C@@H]1CCCN1CCn1cncn1)c1ccccc1. The van der Waals surface area contributed by atoms with Crippen LogP contribution in [0.5, 0.6) is 0 Å². The number of aliphatic hydroxyl groups is 1. The van der Waals surface area contributed by atoms with E-state index in [1.807, 2.05) is 35.0 Å². The summed E-state index contributed by atoms with van der Waals surface area (Å²) in [5, 5.41) is 14.5. The Morgan fingerprint density at radius 2 is 2.10 bits per heavy atom. The van der Waals surface area contributed by atoms with Gasteiger partial charge in [0.1, 0.15) is 12.7 Å². The highest BCUT2D eigenvalue weighted by Crippen LogP contribution is 2.27. The van der Waals surface area contributed by atoms with Crippen molar-refractivity contribution >= 4 is 0 Å². The first kappa shape index (κ1) is 14.2. The molecule has 1 aromatic carbocycles. The average Bonchev–Trinajstić information content (AvgIpc) is 3.17. The molecular weight excluding hydrogens is 264 g/mol. The van der Waals surface area contributed by atoms with Crippen LogP contribution in [0, 0.1) is 0 Å². The third-order valence-electron chi connectivity index (χ3n) is 4.26. The smallest absolute Gasteiger partial charge is 0.137 e. The summed E-state index contributed by atoms with van der Waals surface area (Å²) < 4.78 is 1.86. The van der Waals surface area contributed by atoms with Crippen molar-refractivity contribution in [2.24, 2.45) is 0 Å². The van der Waals surface area contributed by atoms with Gasteiger partial charge in [0.25, 0.3) is 0 Å². The third-order valence-corrected chi connectivity index (χ3v) is 4.26. The van der Waals surface area contributed by atoms with Crippen molar-refractivity contribution in [1.82, 2.24) is 19.7 Å². The number of likely N-dealkylation sites (tertiary alicyclic amines) is 1. The van der Waals surface area contributed by atoms with Crippen molar-refractivity contribution in [2.75, 3.05) is 13.1 Å². The molecule has 3 rings (SSSR count). The van der Waals surface area contributed by atoms with E-state index in [1.54, 1.807) is 12.7 Å². The van der Waals surface area contributed by atoms with Crippen LogP contribution >= 0.6 is 0 Å². The molecule has 5 heteroatoms. The Morgan fingerprint density at radius 1 is 1.24 bits per heavy atom. The van der Waals surface area contributed by atoms with E-state index in [-0.39, 0.29) is 6.10 Å². The van der Waals surface area contributed by atoms with Gasteiger partial charge in [-0.3, -0.25) is 9.58 Å². The Bertz CT molecular complexity index is 528. The van der Waals surface area contributed by atoms with E-state index in [1.165, 1.54) is 12.8 Å². The van der Waals surface area contributed by atoms with E-state index in [0.29, 0.717) is 6.04 Å². The molecule has 0 saturated carbocycles. The van der Waals surface area contributed by atoms with Gasteiger partial charge in [0.05, 0.1) is 12.6 Å². The largest absolute Gasteiger partial charge is 0.388 e. The molecule has 0 unspecified atom stereocenters. The zero-order valence-electron chi connectivity index (χ0n) is 12.2. The molecule has 2 aromatic rings. The fraction of sp³-hybridized carbons (Fsp3) is 0.500. The third kappa shape index (κ3) is 3.68. The van der Waals surface area contributed by atoms with Crippen LogP contribution in [0.2, 0.25) is 0 Å². The van der Waals surface area contributed by atoms with Crippen LogP contribution in [0.4, 0.5) is 0 Å². The van der Waals surface area contributed by atoms with Gasteiger partial charge in [0, 0.05) is 12.6 Å². The molecule has 0 spiro atoms. The van der Waals surface area contributed by atoms with E-state index in [0.717, 1.165) is 31.6 Å². The van der Waals surface area contributed by atoms with Gasteiger partial charge < -0.3 is 5.11 Å². The Kier molecular flexibility index (Phi) is 4.62. The number of aromatic nitrogens is 3. The first-order chi connectivity index (χ1) is 10.3. The predicted molar refractivity (Wildman–Crippen MR) is 80.6 cm³/mol. The van der Waals surface area contributed by atoms with E-state index >= 15 is 0 Å². The standard InChI is InChI=1S/C16H22N4O/c21-16(14-5-2-1-3-6-14)11-15-7-4-8-19(15)9-10-20-13-17-12-18-20/h1-3,5-6,12-13,15-16,21H,4,7-11H2/t15-,16+/m0/s1. The number of hydrogen-bond donors (Lipinski definition) is 1.